The van der Waals surface area contributed by atoms with Crippen molar-refractivity contribution in [3.63, 3.8) is 0 Å². The van der Waals surface area contributed by atoms with Crippen LogP contribution in [0.5, 0.6) is 0 Å². The molecule has 13 nitrogen and oxygen atoms in total. The lowest BCUT2D eigenvalue weighted by Crippen LogP contribution is -2.63. The lowest BCUT2D eigenvalue weighted by Gasteiger charge is -2.40. The fourth-order valence-corrected chi connectivity index (χ4v) is 7.58. The molecule has 1 aliphatic carbocycles. The maximum Gasteiger partial charge on any atom is 0.315 e. The van der Waals surface area contributed by atoms with Crippen LogP contribution in [0.15, 0.2) is 12.7 Å². The van der Waals surface area contributed by atoms with Gasteiger partial charge in [0.15, 0.2) is 0 Å². The Balaban J connectivity index is 1.83. The molecule has 3 fully saturated rings. The molecular formula is C36H56Cl2N6O7. The van der Waals surface area contributed by atoms with E-state index >= 15 is 0 Å². The predicted molar refractivity (Wildman–Crippen MR) is 194 cm³/mol. The zero-order chi connectivity index (χ0) is 38.9. The molecule has 0 spiro atoms. The number of alkyl halides is 2. The number of Topliss-reactive ketones (excluding diaryl/α,β-unsaturated/α-hetero) is 1. The molecule has 7 amide bonds. The van der Waals surface area contributed by atoms with Crippen molar-refractivity contribution in [2.24, 2.45) is 28.1 Å². The summed E-state index contributed by atoms with van der Waals surface area (Å²) in [6.45, 7) is 20.2. The van der Waals surface area contributed by atoms with Crippen LogP contribution in [0, 0.1) is 28.1 Å². The van der Waals surface area contributed by atoms with Gasteiger partial charge in [0.25, 0.3) is 5.91 Å². The van der Waals surface area contributed by atoms with Crippen LogP contribution >= 0.6 is 23.2 Å². The van der Waals surface area contributed by atoms with E-state index in [1.54, 1.807) is 20.8 Å². The normalized spacial score (nSPS) is 24.1. The molecule has 4 N–H and O–H groups in total. The first-order valence-corrected chi connectivity index (χ1v) is 18.4. The molecule has 0 aromatic heterocycles. The molecule has 0 bridgehead atoms. The van der Waals surface area contributed by atoms with Gasteiger partial charge in [0.1, 0.15) is 16.4 Å². The zero-order valence-electron chi connectivity index (χ0n) is 31.4. The second-order valence-corrected chi connectivity index (χ2v) is 18.5. The van der Waals surface area contributed by atoms with E-state index in [2.05, 4.69) is 27.8 Å². The Morgan fingerprint density at radius 1 is 0.961 bits per heavy atom. The van der Waals surface area contributed by atoms with Crippen LogP contribution in [0.2, 0.25) is 0 Å². The van der Waals surface area contributed by atoms with Crippen LogP contribution in [0.25, 0.3) is 0 Å². The van der Waals surface area contributed by atoms with Crippen molar-refractivity contribution >= 4 is 64.6 Å². The van der Waals surface area contributed by atoms with Gasteiger partial charge in [0.2, 0.25) is 29.4 Å². The summed E-state index contributed by atoms with van der Waals surface area (Å²) in [6.07, 6.45) is 3.31. The summed E-state index contributed by atoms with van der Waals surface area (Å²) >= 11 is 13.1. The van der Waals surface area contributed by atoms with E-state index in [4.69, 9.17) is 23.2 Å². The van der Waals surface area contributed by atoms with Crippen LogP contribution in [0.1, 0.15) is 94.4 Å². The van der Waals surface area contributed by atoms with E-state index in [1.807, 2.05) is 41.5 Å². The van der Waals surface area contributed by atoms with Crippen molar-refractivity contribution in [3.8, 4) is 0 Å². The molecule has 2 aliphatic heterocycles. The van der Waals surface area contributed by atoms with Crippen molar-refractivity contribution in [2.75, 3.05) is 19.6 Å². The van der Waals surface area contributed by atoms with Gasteiger partial charge in [0, 0.05) is 44.3 Å². The first-order valence-electron chi connectivity index (χ1n) is 17.7. The van der Waals surface area contributed by atoms with E-state index in [-0.39, 0.29) is 50.7 Å². The van der Waals surface area contributed by atoms with Crippen molar-refractivity contribution in [2.45, 2.75) is 123 Å². The molecule has 1 saturated carbocycles. The first-order chi connectivity index (χ1) is 23.4. The number of carbonyl (C=O) groups excluding carboxylic acids is 7. The number of urea groups is 1. The molecule has 286 valence electrons. The van der Waals surface area contributed by atoms with Crippen LogP contribution in [-0.2, 0) is 28.8 Å². The molecule has 0 aromatic rings. The Bertz CT molecular complexity index is 1400. The van der Waals surface area contributed by atoms with Gasteiger partial charge in [-0.2, -0.15) is 0 Å². The molecule has 0 aromatic carbocycles. The number of halogens is 2. The van der Waals surface area contributed by atoms with Gasteiger partial charge in [-0.05, 0) is 22.7 Å². The van der Waals surface area contributed by atoms with E-state index in [0.29, 0.717) is 12.8 Å². The highest BCUT2D eigenvalue weighted by atomic mass is 35.5. The minimum atomic E-state index is -1.27. The Labute approximate surface area is 311 Å². The van der Waals surface area contributed by atoms with E-state index in [9.17, 15) is 33.6 Å². The van der Waals surface area contributed by atoms with Gasteiger partial charge in [-0.25, -0.2) is 4.79 Å². The van der Waals surface area contributed by atoms with Gasteiger partial charge in [-0.1, -0.05) is 81.2 Å². The van der Waals surface area contributed by atoms with Crippen molar-refractivity contribution in [1.29, 1.82) is 0 Å². The molecular weight excluding hydrogens is 699 g/mol. The number of hydrogen-bond acceptors (Lipinski definition) is 7. The highest BCUT2D eigenvalue weighted by Crippen LogP contribution is 2.65. The molecule has 15 heteroatoms. The second-order valence-electron chi connectivity index (χ2n) is 17.1. The maximum atomic E-state index is 14.4. The molecule has 6 atom stereocenters. The van der Waals surface area contributed by atoms with E-state index in [0.717, 1.165) is 0 Å². The molecule has 3 rings (SSSR count). The predicted octanol–water partition coefficient (Wildman–Crippen LogP) is 3.47. The van der Waals surface area contributed by atoms with Crippen LogP contribution < -0.4 is 21.3 Å². The summed E-state index contributed by atoms with van der Waals surface area (Å²) in [5, 5.41) is 10.8. The largest absolute Gasteiger partial charge is 0.346 e. The van der Waals surface area contributed by atoms with Gasteiger partial charge >= 0.3 is 6.03 Å². The van der Waals surface area contributed by atoms with E-state index in [1.165, 1.54) is 15.9 Å². The Kier molecular flexibility index (Phi) is 13.1. The third kappa shape index (κ3) is 10.0. The van der Waals surface area contributed by atoms with Crippen LogP contribution in [-0.4, -0.2) is 99.3 Å². The monoisotopic (exact) mass is 754 g/mol. The number of imide groups is 1. The summed E-state index contributed by atoms with van der Waals surface area (Å²) in [5.41, 5.74) is -1.87. The number of amides is 7. The number of ketones is 1. The average molecular weight is 756 g/mol. The van der Waals surface area contributed by atoms with Gasteiger partial charge in [0.05, 0.1) is 12.1 Å². The highest BCUT2D eigenvalue weighted by Gasteiger charge is 2.74. The number of piperidine rings is 2. The maximum absolute atomic E-state index is 14.4. The van der Waals surface area contributed by atoms with Gasteiger partial charge < -0.3 is 26.2 Å². The summed E-state index contributed by atoms with van der Waals surface area (Å²) in [5.74, 6) is -4.58. The number of nitrogens with one attached hydrogen (secondary N) is 4. The minimum Gasteiger partial charge on any atom is -0.346 e. The first kappa shape index (κ1) is 42.2. The third-order valence-electron chi connectivity index (χ3n) is 9.96. The number of nitrogens with zero attached hydrogens (tertiary/aromatic N) is 2. The fraction of sp³-hybridized carbons (Fsp3) is 0.750. The molecule has 2 saturated heterocycles. The number of fused-ring (bicyclic) bond motifs is 1. The number of carbonyl (C=O) groups is 7. The summed E-state index contributed by atoms with van der Waals surface area (Å²) in [6, 6.07) is -4.78. The molecule has 1 unspecified atom stereocenters. The Morgan fingerprint density at radius 3 is 2.06 bits per heavy atom. The Hall–Kier alpha value is -3.19. The second kappa shape index (κ2) is 15.8. The topological polar surface area (TPSA) is 174 Å². The highest BCUT2D eigenvalue weighted by molar-refractivity contribution is 6.51. The summed E-state index contributed by atoms with van der Waals surface area (Å²) in [4.78, 5) is 96.0. The number of likely N-dealkylation sites (tertiary alicyclic amines) is 2. The lowest BCUT2D eigenvalue weighted by molar-refractivity contribution is -0.153. The molecule has 3 aliphatic rings. The van der Waals surface area contributed by atoms with Crippen molar-refractivity contribution in [3.05, 3.63) is 12.7 Å². The smallest absolute Gasteiger partial charge is 0.315 e. The number of rotatable bonds is 14. The standard InChI is InChI=1S/C36H56Cl2N6O7/c1-11-13-14-21(27(47)30(49)39-15-12-2)40-29(48)26-25-20(36(25,37)38)18-44(26)31(50)28(34(6,7)8)42-32(51)41-22(33(3,4)5)19-43-23(45)16-35(9,10)17-24(43)46/h12,20-22,25-26,28H,2,11,13-19H2,1,3-10H3,(H,39,49)(H,40,48)(H2,41,42,51)/t20-,21?,22+,25-,26-,28+/m0/s1. The van der Waals surface area contributed by atoms with Crippen LogP contribution in [0.4, 0.5) is 4.79 Å². The molecule has 0 radical (unpaired) electrons. The van der Waals surface area contributed by atoms with Gasteiger partial charge in [-0.3, -0.25) is 33.7 Å². The average Bonchev–Trinajstić information content (AvgIpc) is 3.31. The van der Waals surface area contributed by atoms with Crippen molar-refractivity contribution in [1.82, 2.24) is 31.1 Å². The van der Waals surface area contributed by atoms with Crippen LogP contribution in [0.3, 0.4) is 0 Å². The SMILES string of the molecule is C=CCNC(=O)C(=O)C(CCCC)NC(=O)[C@@H]1[C@@H]2[C@H](CN1C(=O)[C@@H](NC(=O)N[C@H](CN1C(=O)CC(C)(C)CC1=O)C(C)(C)C)C(C)(C)C)C2(Cl)Cl. The number of unbranched alkanes of at least 4 members (excludes halogenated alkanes) is 1. The van der Waals surface area contributed by atoms with Crippen molar-refractivity contribution < 1.29 is 33.6 Å². The third-order valence-corrected chi connectivity index (χ3v) is 11.0. The summed E-state index contributed by atoms with van der Waals surface area (Å²) < 4.78 is -1.27. The minimum absolute atomic E-state index is 0.0341. The quantitative estimate of drug-likeness (QED) is 0.0910. The van der Waals surface area contributed by atoms with E-state index < -0.39 is 86.1 Å². The summed E-state index contributed by atoms with van der Waals surface area (Å²) in [7, 11) is 0. The zero-order valence-corrected chi connectivity index (χ0v) is 32.9. The number of hydrogen-bond donors (Lipinski definition) is 4. The molecule has 51 heavy (non-hydrogen) atoms. The Morgan fingerprint density at radius 2 is 1.55 bits per heavy atom. The van der Waals surface area contributed by atoms with Gasteiger partial charge in [-0.15, -0.1) is 29.8 Å². The fourth-order valence-electron chi connectivity index (χ4n) is 6.76. The molecule has 2 heterocycles. The lowest BCUT2D eigenvalue weighted by atomic mass is 9.80.